The molecule has 2 heterocycles. The third-order valence-electron chi connectivity index (χ3n) is 4.40. The number of fused-ring (bicyclic) bond motifs is 1. The van der Waals surface area contributed by atoms with Gasteiger partial charge in [-0.2, -0.15) is 5.26 Å². The smallest absolute Gasteiger partial charge is 0.143 e. The number of likely N-dealkylation sites (tertiary alicyclic amines) is 1. The summed E-state index contributed by atoms with van der Waals surface area (Å²) in [6, 6.07) is 12.5. The molecule has 0 saturated carbocycles. The molecule has 4 nitrogen and oxygen atoms in total. The third-order valence-corrected chi connectivity index (χ3v) is 4.40. The van der Waals surface area contributed by atoms with Crippen LogP contribution in [0.2, 0.25) is 0 Å². The zero-order valence-electron chi connectivity index (χ0n) is 13.9. The van der Waals surface area contributed by atoms with Gasteiger partial charge < -0.3 is 10.2 Å². The molecule has 1 aromatic carbocycles. The lowest BCUT2D eigenvalue weighted by molar-refractivity contribution is 0.198. The van der Waals surface area contributed by atoms with Gasteiger partial charge in [0, 0.05) is 36.7 Å². The number of anilines is 1. The Morgan fingerprint density at radius 2 is 2.04 bits per heavy atom. The number of piperidine rings is 1. The van der Waals surface area contributed by atoms with Crippen molar-refractivity contribution >= 4 is 16.6 Å². The number of benzene rings is 1. The van der Waals surface area contributed by atoms with Crippen LogP contribution < -0.4 is 5.32 Å². The molecule has 1 aromatic heterocycles. The van der Waals surface area contributed by atoms with Gasteiger partial charge in [-0.1, -0.05) is 32.0 Å². The minimum Gasteiger partial charge on any atom is -0.382 e. The molecule has 1 N–H and O–H groups in total. The van der Waals surface area contributed by atoms with Crippen LogP contribution in [0.5, 0.6) is 0 Å². The van der Waals surface area contributed by atoms with Gasteiger partial charge in [-0.05, 0) is 30.9 Å². The highest BCUT2D eigenvalue weighted by molar-refractivity contribution is 5.91. The molecule has 0 amide bonds. The van der Waals surface area contributed by atoms with E-state index in [0.29, 0.717) is 11.7 Å². The monoisotopic (exact) mass is 308 g/mol. The summed E-state index contributed by atoms with van der Waals surface area (Å²) in [5, 5.41) is 13.9. The van der Waals surface area contributed by atoms with Crippen molar-refractivity contribution in [3.8, 4) is 6.07 Å². The quantitative estimate of drug-likeness (QED) is 0.937. The Morgan fingerprint density at radius 3 is 2.74 bits per heavy atom. The number of nitrogens with zero attached hydrogens (tertiary/aromatic N) is 3. The molecule has 0 bridgehead atoms. The first-order valence-electron chi connectivity index (χ1n) is 8.44. The number of para-hydroxylation sites is 1. The zero-order chi connectivity index (χ0) is 16.2. The number of hydrogen-bond donors (Lipinski definition) is 1. The summed E-state index contributed by atoms with van der Waals surface area (Å²) in [6.07, 6.45) is 2.29. The second-order valence-corrected chi connectivity index (χ2v) is 6.80. The van der Waals surface area contributed by atoms with E-state index in [1.54, 1.807) is 0 Å². The molecule has 1 aliphatic rings. The molecule has 1 aliphatic heterocycles. The van der Waals surface area contributed by atoms with Crippen LogP contribution in [0, 0.1) is 17.2 Å². The number of pyridine rings is 1. The molecule has 1 saturated heterocycles. The Hall–Kier alpha value is -2.12. The van der Waals surface area contributed by atoms with Crippen molar-refractivity contribution in [3.63, 3.8) is 0 Å². The predicted octanol–water partition coefficient (Wildman–Crippen LogP) is 3.64. The standard InChI is InChI=1S/C19H24N4/c1-14(2)13-23-9-7-15(8-10-23)21-19-11-16(12-20)22-18-6-4-3-5-17(18)19/h3-6,11,14-15H,7-10,13H2,1-2H3,(H,21,22). The minimum atomic E-state index is 0.468. The Morgan fingerprint density at radius 1 is 1.30 bits per heavy atom. The van der Waals surface area contributed by atoms with E-state index in [9.17, 15) is 5.26 Å². The second kappa shape index (κ2) is 6.97. The number of hydrogen-bond acceptors (Lipinski definition) is 4. The van der Waals surface area contributed by atoms with Gasteiger partial charge in [-0.3, -0.25) is 0 Å². The Bertz CT molecular complexity index is 709. The van der Waals surface area contributed by atoms with E-state index in [0.717, 1.165) is 48.4 Å². The molecule has 4 heteroatoms. The van der Waals surface area contributed by atoms with Gasteiger partial charge >= 0.3 is 0 Å². The molecule has 3 rings (SSSR count). The molecule has 0 atom stereocenters. The molecule has 23 heavy (non-hydrogen) atoms. The van der Waals surface area contributed by atoms with Crippen LogP contribution in [0.3, 0.4) is 0 Å². The van der Waals surface area contributed by atoms with Crippen LogP contribution in [-0.2, 0) is 0 Å². The molecule has 0 spiro atoms. The number of nitriles is 1. The molecule has 0 aliphatic carbocycles. The summed E-state index contributed by atoms with van der Waals surface area (Å²) in [6.45, 7) is 8.02. The largest absolute Gasteiger partial charge is 0.382 e. The Balaban J connectivity index is 1.74. The van der Waals surface area contributed by atoms with Crippen molar-refractivity contribution in [1.82, 2.24) is 9.88 Å². The van der Waals surface area contributed by atoms with Crippen LogP contribution >= 0.6 is 0 Å². The minimum absolute atomic E-state index is 0.468. The molecular weight excluding hydrogens is 284 g/mol. The summed E-state index contributed by atoms with van der Waals surface area (Å²) in [7, 11) is 0. The average Bonchev–Trinajstić information content (AvgIpc) is 2.56. The summed E-state index contributed by atoms with van der Waals surface area (Å²) >= 11 is 0. The van der Waals surface area contributed by atoms with E-state index in [-0.39, 0.29) is 0 Å². The number of aromatic nitrogens is 1. The fraction of sp³-hybridized carbons (Fsp3) is 0.474. The van der Waals surface area contributed by atoms with Crippen molar-refractivity contribution in [1.29, 1.82) is 5.26 Å². The van der Waals surface area contributed by atoms with Crippen molar-refractivity contribution in [2.75, 3.05) is 25.0 Å². The van der Waals surface area contributed by atoms with Crippen LogP contribution in [0.4, 0.5) is 5.69 Å². The second-order valence-electron chi connectivity index (χ2n) is 6.80. The highest BCUT2D eigenvalue weighted by atomic mass is 15.1. The maximum atomic E-state index is 9.20. The summed E-state index contributed by atoms with van der Waals surface area (Å²) in [4.78, 5) is 6.93. The van der Waals surface area contributed by atoms with E-state index >= 15 is 0 Å². The normalized spacial score (nSPS) is 16.6. The summed E-state index contributed by atoms with van der Waals surface area (Å²) in [5.41, 5.74) is 2.39. The third kappa shape index (κ3) is 3.80. The summed E-state index contributed by atoms with van der Waals surface area (Å²) in [5.74, 6) is 0.724. The van der Waals surface area contributed by atoms with Crippen molar-refractivity contribution in [2.24, 2.45) is 5.92 Å². The first-order chi connectivity index (χ1) is 11.2. The van der Waals surface area contributed by atoms with Gasteiger partial charge in [-0.15, -0.1) is 0 Å². The van der Waals surface area contributed by atoms with Gasteiger partial charge in [-0.25, -0.2) is 4.98 Å². The Labute approximate surface area is 138 Å². The van der Waals surface area contributed by atoms with Crippen molar-refractivity contribution in [3.05, 3.63) is 36.0 Å². The van der Waals surface area contributed by atoms with Crippen LogP contribution in [-0.4, -0.2) is 35.6 Å². The van der Waals surface area contributed by atoms with E-state index in [2.05, 4.69) is 41.2 Å². The van der Waals surface area contributed by atoms with Gasteiger partial charge in [0.15, 0.2) is 0 Å². The van der Waals surface area contributed by atoms with Crippen LogP contribution in [0.1, 0.15) is 32.4 Å². The van der Waals surface area contributed by atoms with Gasteiger partial charge in [0.05, 0.1) is 5.52 Å². The van der Waals surface area contributed by atoms with E-state index in [4.69, 9.17) is 0 Å². The fourth-order valence-electron chi connectivity index (χ4n) is 3.35. The number of rotatable bonds is 4. The lowest BCUT2D eigenvalue weighted by Gasteiger charge is -2.34. The van der Waals surface area contributed by atoms with Crippen LogP contribution in [0.15, 0.2) is 30.3 Å². The first kappa shape index (κ1) is 15.8. The first-order valence-corrected chi connectivity index (χ1v) is 8.44. The van der Waals surface area contributed by atoms with E-state index in [1.807, 2.05) is 24.3 Å². The van der Waals surface area contributed by atoms with E-state index in [1.165, 1.54) is 6.54 Å². The molecular formula is C19H24N4. The van der Waals surface area contributed by atoms with Gasteiger partial charge in [0.1, 0.15) is 11.8 Å². The topological polar surface area (TPSA) is 52.0 Å². The SMILES string of the molecule is CC(C)CN1CCC(Nc2cc(C#N)nc3ccccc23)CC1. The fourth-order valence-corrected chi connectivity index (χ4v) is 3.35. The molecule has 1 fully saturated rings. The van der Waals surface area contributed by atoms with E-state index < -0.39 is 0 Å². The zero-order valence-corrected chi connectivity index (χ0v) is 13.9. The van der Waals surface area contributed by atoms with Crippen LogP contribution in [0.25, 0.3) is 10.9 Å². The lowest BCUT2D eigenvalue weighted by atomic mass is 10.0. The Kier molecular flexibility index (Phi) is 4.78. The van der Waals surface area contributed by atoms with Crippen molar-refractivity contribution in [2.45, 2.75) is 32.7 Å². The maximum Gasteiger partial charge on any atom is 0.143 e. The predicted molar refractivity (Wildman–Crippen MR) is 94.4 cm³/mol. The number of nitrogens with one attached hydrogen (secondary N) is 1. The molecule has 120 valence electrons. The highest BCUT2D eigenvalue weighted by Gasteiger charge is 2.20. The molecule has 0 radical (unpaired) electrons. The van der Waals surface area contributed by atoms with Gasteiger partial charge in [0.2, 0.25) is 0 Å². The molecule has 2 aromatic rings. The van der Waals surface area contributed by atoms with Crippen molar-refractivity contribution < 1.29 is 0 Å². The maximum absolute atomic E-state index is 9.20. The summed E-state index contributed by atoms with van der Waals surface area (Å²) < 4.78 is 0. The highest BCUT2D eigenvalue weighted by Crippen LogP contribution is 2.25. The van der Waals surface area contributed by atoms with Gasteiger partial charge in [0.25, 0.3) is 0 Å². The average molecular weight is 308 g/mol. The molecule has 0 unspecified atom stereocenters. The lowest BCUT2D eigenvalue weighted by Crippen LogP contribution is -2.40.